The Morgan fingerprint density at radius 3 is 2.85 bits per heavy atom. The molecule has 0 saturated carbocycles. The van der Waals surface area contributed by atoms with Crippen LogP contribution < -0.4 is 0 Å². The van der Waals surface area contributed by atoms with Crippen LogP contribution in [0.5, 0.6) is 0 Å². The van der Waals surface area contributed by atoms with Gasteiger partial charge in [-0.05, 0) is 37.5 Å². The third-order valence-electron chi connectivity index (χ3n) is 5.05. The molecule has 8 heteroatoms. The van der Waals surface area contributed by atoms with Gasteiger partial charge in [0.1, 0.15) is 5.82 Å². The molecule has 2 aliphatic heterocycles. The van der Waals surface area contributed by atoms with Crippen molar-refractivity contribution in [3.8, 4) is 0 Å². The summed E-state index contributed by atoms with van der Waals surface area (Å²) in [6.07, 6.45) is 2.20. The topological polar surface area (TPSA) is 63.7 Å². The number of thiophene rings is 1. The van der Waals surface area contributed by atoms with E-state index < -0.39 is 9.84 Å². The first-order valence-corrected chi connectivity index (χ1v) is 11.4. The summed E-state index contributed by atoms with van der Waals surface area (Å²) in [4.78, 5) is 15.3. The van der Waals surface area contributed by atoms with E-state index in [2.05, 4.69) is 0 Å². The Balaban J connectivity index is 1.64. The maximum absolute atomic E-state index is 14.0. The molecule has 0 radical (unpaired) electrons. The number of fused-ring (bicyclic) bond motifs is 1. The van der Waals surface area contributed by atoms with Crippen LogP contribution in [0.4, 0.5) is 4.39 Å². The van der Waals surface area contributed by atoms with E-state index in [0.29, 0.717) is 34.5 Å². The van der Waals surface area contributed by atoms with Gasteiger partial charge in [0.15, 0.2) is 9.84 Å². The van der Waals surface area contributed by atoms with Gasteiger partial charge >= 0.3 is 0 Å². The standard InChI is InChI=1S/C18H20FNO4S2/c19-15-4-1-5-16-14(15)9-17(25-16)18(21)20(10-13-3-2-7-24-13)12-6-8-26(22,23)11-12/h1,4-5,9,12-13H,2-3,6-8,10-11H2. The third-order valence-corrected chi connectivity index (χ3v) is 7.89. The fourth-order valence-corrected chi connectivity index (χ4v) is 6.46. The summed E-state index contributed by atoms with van der Waals surface area (Å²) in [6.45, 7) is 1.06. The Kier molecular flexibility index (Phi) is 4.75. The van der Waals surface area contributed by atoms with E-state index in [4.69, 9.17) is 4.74 Å². The largest absolute Gasteiger partial charge is 0.376 e. The fraction of sp³-hybridized carbons (Fsp3) is 0.500. The number of halogens is 1. The van der Waals surface area contributed by atoms with Crippen molar-refractivity contribution >= 4 is 37.2 Å². The lowest BCUT2D eigenvalue weighted by molar-refractivity contribution is 0.0445. The molecule has 0 N–H and O–H groups in total. The van der Waals surface area contributed by atoms with Gasteiger partial charge in [0.2, 0.25) is 0 Å². The number of carbonyl (C=O) groups is 1. The zero-order valence-electron chi connectivity index (χ0n) is 14.2. The lowest BCUT2D eigenvalue weighted by Gasteiger charge is -2.30. The molecular formula is C18H20FNO4S2. The predicted octanol–water partition coefficient (Wildman–Crippen LogP) is 2.85. The third kappa shape index (κ3) is 3.50. The molecule has 0 bridgehead atoms. The van der Waals surface area contributed by atoms with Crippen LogP contribution in [0.1, 0.15) is 28.9 Å². The molecule has 0 spiro atoms. The van der Waals surface area contributed by atoms with Crippen LogP contribution in [0.25, 0.3) is 10.1 Å². The van der Waals surface area contributed by atoms with E-state index in [1.54, 1.807) is 23.1 Å². The number of amides is 1. The van der Waals surface area contributed by atoms with Crippen molar-refractivity contribution in [3.63, 3.8) is 0 Å². The minimum Gasteiger partial charge on any atom is -0.376 e. The molecule has 1 aromatic heterocycles. The number of benzene rings is 1. The maximum Gasteiger partial charge on any atom is 0.264 e. The van der Waals surface area contributed by atoms with Gasteiger partial charge in [-0.2, -0.15) is 0 Å². The Labute approximate surface area is 155 Å². The highest BCUT2D eigenvalue weighted by Gasteiger charge is 2.37. The molecule has 140 valence electrons. The molecule has 2 fully saturated rings. The summed E-state index contributed by atoms with van der Waals surface area (Å²) in [5.74, 6) is -0.492. The van der Waals surface area contributed by atoms with E-state index >= 15 is 0 Å². The van der Waals surface area contributed by atoms with Gasteiger partial charge in [-0.1, -0.05) is 6.07 Å². The van der Waals surface area contributed by atoms with Crippen molar-refractivity contribution in [1.29, 1.82) is 0 Å². The summed E-state index contributed by atoms with van der Waals surface area (Å²) in [6, 6.07) is 6.01. The molecule has 26 heavy (non-hydrogen) atoms. The van der Waals surface area contributed by atoms with Gasteiger partial charge in [0, 0.05) is 29.3 Å². The molecule has 2 aromatic rings. The second-order valence-electron chi connectivity index (χ2n) is 6.91. The smallest absolute Gasteiger partial charge is 0.264 e. The number of carbonyl (C=O) groups excluding carboxylic acids is 1. The maximum atomic E-state index is 14.0. The van der Waals surface area contributed by atoms with Gasteiger partial charge in [-0.15, -0.1) is 11.3 Å². The summed E-state index contributed by atoms with van der Waals surface area (Å²) in [5, 5.41) is 0.428. The van der Waals surface area contributed by atoms with Crippen LogP contribution in [-0.2, 0) is 14.6 Å². The molecule has 3 heterocycles. The first kappa shape index (κ1) is 17.9. The van der Waals surface area contributed by atoms with Gasteiger partial charge in [-0.3, -0.25) is 4.79 Å². The van der Waals surface area contributed by atoms with Crippen molar-refractivity contribution in [2.24, 2.45) is 0 Å². The van der Waals surface area contributed by atoms with Crippen molar-refractivity contribution in [2.45, 2.75) is 31.4 Å². The summed E-state index contributed by atoms with van der Waals surface area (Å²) < 4.78 is 44.2. The summed E-state index contributed by atoms with van der Waals surface area (Å²) in [5.41, 5.74) is 0. The van der Waals surface area contributed by atoms with Crippen LogP contribution in [0.15, 0.2) is 24.3 Å². The monoisotopic (exact) mass is 397 g/mol. The van der Waals surface area contributed by atoms with Crippen molar-refractivity contribution in [2.75, 3.05) is 24.7 Å². The lowest BCUT2D eigenvalue weighted by Crippen LogP contribution is -2.45. The van der Waals surface area contributed by atoms with Crippen LogP contribution in [0.2, 0.25) is 0 Å². The van der Waals surface area contributed by atoms with Crippen LogP contribution in [0.3, 0.4) is 0 Å². The van der Waals surface area contributed by atoms with Crippen molar-refractivity contribution in [3.05, 3.63) is 35.0 Å². The lowest BCUT2D eigenvalue weighted by atomic mass is 10.1. The van der Waals surface area contributed by atoms with Crippen LogP contribution in [-0.4, -0.2) is 56.0 Å². The molecule has 2 atom stereocenters. The molecule has 2 unspecified atom stereocenters. The Bertz CT molecular complexity index is 934. The highest BCUT2D eigenvalue weighted by Crippen LogP contribution is 2.30. The molecular weight excluding hydrogens is 377 g/mol. The van der Waals surface area contributed by atoms with Gasteiger partial charge in [0.05, 0.1) is 22.5 Å². The van der Waals surface area contributed by atoms with Gasteiger partial charge < -0.3 is 9.64 Å². The summed E-state index contributed by atoms with van der Waals surface area (Å²) in [7, 11) is -3.11. The highest BCUT2D eigenvalue weighted by atomic mass is 32.2. The van der Waals surface area contributed by atoms with Crippen molar-refractivity contribution in [1.82, 2.24) is 4.90 Å². The molecule has 4 rings (SSSR count). The van der Waals surface area contributed by atoms with Crippen molar-refractivity contribution < 1.29 is 22.3 Å². The van der Waals surface area contributed by atoms with E-state index in [-0.39, 0.29) is 35.4 Å². The Hall–Kier alpha value is -1.51. The minimum atomic E-state index is -3.11. The first-order valence-electron chi connectivity index (χ1n) is 8.74. The molecule has 0 aliphatic carbocycles. The van der Waals surface area contributed by atoms with E-state index in [9.17, 15) is 17.6 Å². The molecule has 5 nitrogen and oxygen atoms in total. The predicted molar refractivity (Wildman–Crippen MR) is 98.9 cm³/mol. The average Bonchev–Trinajstić information content (AvgIpc) is 3.31. The van der Waals surface area contributed by atoms with Crippen LogP contribution in [0, 0.1) is 5.82 Å². The van der Waals surface area contributed by atoms with E-state index in [1.165, 1.54) is 17.4 Å². The van der Waals surface area contributed by atoms with Crippen LogP contribution >= 0.6 is 11.3 Å². The Morgan fingerprint density at radius 2 is 2.19 bits per heavy atom. The number of ether oxygens (including phenoxy) is 1. The SMILES string of the molecule is O=C(c1cc2c(F)cccc2s1)N(CC1CCCO1)C1CCS(=O)(=O)C1. The zero-order valence-corrected chi connectivity index (χ0v) is 15.8. The second kappa shape index (κ2) is 6.90. The summed E-state index contributed by atoms with van der Waals surface area (Å²) >= 11 is 1.24. The van der Waals surface area contributed by atoms with Gasteiger partial charge in [-0.25, -0.2) is 12.8 Å². The normalized spacial score (nSPS) is 25.0. The highest BCUT2D eigenvalue weighted by molar-refractivity contribution is 7.91. The molecule has 2 aliphatic rings. The first-order chi connectivity index (χ1) is 12.4. The second-order valence-corrected chi connectivity index (χ2v) is 10.2. The number of hydrogen-bond donors (Lipinski definition) is 0. The molecule has 1 aromatic carbocycles. The number of rotatable bonds is 4. The van der Waals surface area contributed by atoms with E-state index in [1.807, 2.05) is 0 Å². The molecule has 1 amide bonds. The zero-order chi connectivity index (χ0) is 18.3. The quantitative estimate of drug-likeness (QED) is 0.796. The van der Waals surface area contributed by atoms with E-state index in [0.717, 1.165) is 12.8 Å². The Morgan fingerprint density at radius 1 is 1.35 bits per heavy atom. The fourth-order valence-electron chi connectivity index (χ4n) is 3.70. The van der Waals surface area contributed by atoms with Gasteiger partial charge in [0.25, 0.3) is 5.91 Å². The number of nitrogens with zero attached hydrogens (tertiary/aromatic N) is 1. The molecule has 2 saturated heterocycles. The average molecular weight is 397 g/mol. The number of hydrogen-bond acceptors (Lipinski definition) is 5. The minimum absolute atomic E-state index is 0.00921. The number of sulfone groups is 1.